The highest BCUT2D eigenvalue weighted by atomic mass is 16.7. The second-order valence-electron chi connectivity index (χ2n) is 12.9. The number of ketones is 1. The lowest BCUT2D eigenvalue weighted by atomic mass is 9.44. The van der Waals surface area contributed by atoms with Crippen molar-refractivity contribution in [1.82, 2.24) is 0 Å². The standard InChI is InChI=1S/C27H42O10/c1-25-8-5-14(36-24-21(32)19(30)20(31)22(37-24)23(33)34)11-13(25)3-4-15-16(25)6-9-26(2)17(15)7-10-27(26,35)18(29)12-28/h13-17,19-22,24,28,30-32,35H,3-12H2,1-2H3,(H,33,34). The summed E-state index contributed by atoms with van der Waals surface area (Å²) >= 11 is 0. The van der Waals surface area contributed by atoms with Gasteiger partial charge in [-0.15, -0.1) is 0 Å². The van der Waals surface area contributed by atoms with E-state index in [2.05, 4.69) is 6.92 Å². The van der Waals surface area contributed by atoms with Crippen LogP contribution in [0.3, 0.4) is 0 Å². The average Bonchev–Trinajstić information content (AvgIpc) is 3.15. The van der Waals surface area contributed by atoms with Crippen molar-refractivity contribution in [2.24, 2.45) is 34.5 Å². The van der Waals surface area contributed by atoms with Gasteiger partial charge >= 0.3 is 5.97 Å². The number of ether oxygens (including phenoxy) is 2. The Morgan fingerprint density at radius 1 is 0.919 bits per heavy atom. The van der Waals surface area contributed by atoms with Gasteiger partial charge in [-0.2, -0.15) is 0 Å². The third kappa shape index (κ3) is 4.01. The largest absolute Gasteiger partial charge is 0.479 e. The minimum Gasteiger partial charge on any atom is -0.479 e. The zero-order chi connectivity index (χ0) is 26.9. The average molecular weight is 527 g/mol. The van der Waals surface area contributed by atoms with Crippen molar-refractivity contribution in [2.45, 2.75) is 114 Å². The first-order valence-electron chi connectivity index (χ1n) is 13.8. The summed E-state index contributed by atoms with van der Waals surface area (Å²) in [6.07, 6.45) is -1.06. The summed E-state index contributed by atoms with van der Waals surface area (Å²) < 4.78 is 11.4. The molecule has 13 unspecified atom stereocenters. The predicted molar refractivity (Wildman–Crippen MR) is 128 cm³/mol. The molecule has 0 aromatic rings. The number of fused-ring (bicyclic) bond motifs is 5. The lowest BCUT2D eigenvalue weighted by Crippen LogP contribution is -2.61. The summed E-state index contributed by atoms with van der Waals surface area (Å²) in [7, 11) is 0. The smallest absolute Gasteiger partial charge is 0.335 e. The van der Waals surface area contributed by atoms with Gasteiger partial charge in [0.25, 0.3) is 0 Å². The van der Waals surface area contributed by atoms with Crippen LogP contribution < -0.4 is 0 Å². The molecule has 0 aromatic carbocycles. The van der Waals surface area contributed by atoms with Crippen LogP contribution in [-0.2, 0) is 19.1 Å². The summed E-state index contributed by atoms with van der Waals surface area (Å²) in [6, 6.07) is 0. The summed E-state index contributed by atoms with van der Waals surface area (Å²) in [5.74, 6) is -0.405. The number of aliphatic hydroxyl groups excluding tert-OH is 4. The molecule has 1 heterocycles. The fourth-order valence-electron chi connectivity index (χ4n) is 9.30. The van der Waals surface area contributed by atoms with Gasteiger partial charge in [0.15, 0.2) is 18.2 Å². The molecule has 210 valence electrons. The molecule has 10 nitrogen and oxygen atoms in total. The number of hydrogen-bond acceptors (Lipinski definition) is 9. The number of hydrogen-bond donors (Lipinski definition) is 6. The Morgan fingerprint density at radius 2 is 1.62 bits per heavy atom. The van der Waals surface area contributed by atoms with E-state index in [1.165, 1.54) is 0 Å². The number of rotatable bonds is 5. The first-order valence-corrected chi connectivity index (χ1v) is 13.8. The number of aliphatic carboxylic acids is 1. The zero-order valence-electron chi connectivity index (χ0n) is 21.7. The molecule has 0 spiro atoms. The highest BCUT2D eigenvalue weighted by Crippen LogP contribution is 2.68. The lowest BCUT2D eigenvalue weighted by Gasteiger charge is -2.61. The van der Waals surface area contributed by atoms with Gasteiger partial charge < -0.3 is 40.1 Å². The van der Waals surface area contributed by atoms with E-state index in [1.807, 2.05) is 6.92 Å². The van der Waals surface area contributed by atoms with Crippen molar-refractivity contribution in [3.8, 4) is 0 Å². The zero-order valence-corrected chi connectivity index (χ0v) is 21.7. The molecule has 4 aliphatic carbocycles. The highest BCUT2D eigenvalue weighted by molar-refractivity contribution is 5.89. The molecule has 37 heavy (non-hydrogen) atoms. The second-order valence-corrected chi connectivity index (χ2v) is 12.9. The molecule has 0 bridgehead atoms. The summed E-state index contributed by atoms with van der Waals surface area (Å²) in [4.78, 5) is 24.0. The number of aliphatic hydroxyl groups is 5. The number of carbonyl (C=O) groups excluding carboxylic acids is 1. The Balaban J connectivity index is 1.27. The van der Waals surface area contributed by atoms with Crippen LogP contribution in [0, 0.1) is 34.5 Å². The summed E-state index contributed by atoms with van der Waals surface area (Å²) in [6.45, 7) is 3.76. The number of carboxylic acids is 1. The van der Waals surface area contributed by atoms with Gasteiger partial charge in [-0.25, -0.2) is 4.79 Å². The van der Waals surface area contributed by atoms with Crippen LogP contribution in [0.25, 0.3) is 0 Å². The Labute approximate surface area is 217 Å². The van der Waals surface area contributed by atoms with E-state index in [0.717, 1.165) is 44.9 Å². The van der Waals surface area contributed by atoms with Crippen molar-refractivity contribution >= 4 is 11.8 Å². The second kappa shape index (κ2) is 9.50. The Hall–Kier alpha value is -1.14. The molecule has 0 radical (unpaired) electrons. The van der Waals surface area contributed by atoms with Crippen LogP contribution in [0.1, 0.15) is 71.6 Å². The molecule has 0 amide bonds. The maximum Gasteiger partial charge on any atom is 0.335 e. The molecule has 6 N–H and O–H groups in total. The van der Waals surface area contributed by atoms with E-state index in [9.17, 15) is 40.2 Å². The molecule has 13 atom stereocenters. The number of carbonyl (C=O) groups is 2. The third-order valence-corrected chi connectivity index (χ3v) is 11.5. The normalized spacial score (nSPS) is 53.6. The Bertz CT molecular complexity index is 912. The van der Waals surface area contributed by atoms with E-state index in [1.54, 1.807) is 0 Å². The SMILES string of the molecule is CC12CCC(OC3OC(C(=O)O)C(O)C(O)C3O)CC1CCC1C2CCC2(C)C1CCC2(O)C(=O)CO. The Morgan fingerprint density at radius 3 is 2.30 bits per heavy atom. The molecule has 5 fully saturated rings. The molecule has 5 aliphatic rings. The molecule has 10 heteroatoms. The molecule has 4 saturated carbocycles. The summed E-state index contributed by atoms with van der Waals surface area (Å²) in [5.41, 5.74) is -1.90. The fourth-order valence-corrected chi connectivity index (χ4v) is 9.30. The van der Waals surface area contributed by atoms with Crippen LogP contribution in [0.2, 0.25) is 0 Å². The van der Waals surface area contributed by atoms with Crippen LogP contribution in [0.4, 0.5) is 0 Å². The van der Waals surface area contributed by atoms with Crippen LogP contribution in [0.5, 0.6) is 0 Å². The van der Waals surface area contributed by atoms with Gasteiger partial charge in [-0.05, 0) is 86.9 Å². The maximum atomic E-state index is 12.6. The summed E-state index contributed by atoms with van der Waals surface area (Å²) in [5, 5.41) is 60.7. The van der Waals surface area contributed by atoms with Gasteiger partial charge in [-0.3, -0.25) is 4.79 Å². The van der Waals surface area contributed by atoms with Crippen molar-refractivity contribution in [3.63, 3.8) is 0 Å². The quantitative estimate of drug-likeness (QED) is 0.278. The molecule has 5 rings (SSSR count). The molecular formula is C27H42O10. The van der Waals surface area contributed by atoms with Crippen LogP contribution >= 0.6 is 0 Å². The molecular weight excluding hydrogens is 484 g/mol. The van der Waals surface area contributed by atoms with Gasteiger partial charge in [-0.1, -0.05) is 13.8 Å². The van der Waals surface area contributed by atoms with Crippen molar-refractivity contribution < 1.29 is 49.7 Å². The predicted octanol–water partition coefficient (Wildman–Crippen LogP) is 0.599. The first kappa shape index (κ1) is 27.4. The maximum absolute atomic E-state index is 12.6. The number of carboxylic acid groups (broad SMARTS) is 1. The van der Waals surface area contributed by atoms with Gasteiger partial charge in [0.1, 0.15) is 30.5 Å². The third-order valence-electron chi connectivity index (χ3n) is 11.5. The Kier molecular flexibility index (Phi) is 7.04. The van der Waals surface area contributed by atoms with Crippen molar-refractivity contribution in [1.29, 1.82) is 0 Å². The van der Waals surface area contributed by atoms with E-state index in [4.69, 9.17) is 9.47 Å². The molecule has 0 aromatic heterocycles. The molecule has 1 aliphatic heterocycles. The van der Waals surface area contributed by atoms with Crippen molar-refractivity contribution in [3.05, 3.63) is 0 Å². The lowest BCUT2D eigenvalue weighted by molar-refractivity contribution is -0.309. The van der Waals surface area contributed by atoms with Gasteiger partial charge in [0.2, 0.25) is 0 Å². The van der Waals surface area contributed by atoms with Gasteiger partial charge in [0, 0.05) is 5.41 Å². The highest BCUT2D eigenvalue weighted by Gasteiger charge is 2.66. The van der Waals surface area contributed by atoms with E-state index >= 15 is 0 Å². The van der Waals surface area contributed by atoms with Gasteiger partial charge in [0.05, 0.1) is 6.10 Å². The van der Waals surface area contributed by atoms with E-state index in [0.29, 0.717) is 30.6 Å². The fraction of sp³-hybridized carbons (Fsp3) is 0.926. The van der Waals surface area contributed by atoms with Crippen LogP contribution in [-0.4, -0.2) is 91.4 Å². The molecule has 1 saturated heterocycles. The van der Waals surface area contributed by atoms with Crippen molar-refractivity contribution in [2.75, 3.05) is 6.61 Å². The number of Topliss-reactive ketones (excluding diaryl/α,β-unsaturated/α-hetero) is 1. The van der Waals surface area contributed by atoms with Crippen LogP contribution in [0.15, 0.2) is 0 Å². The topological polar surface area (TPSA) is 174 Å². The first-order chi connectivity index (χ1) is 17.4. The minimum atomic E-state index is -1.74. The monoisotopic (exact) mass is 526 g/mol. The minimum absolute atomic E-state index is 0.0666. The van der Waals surface area contributed by atoms with E-state index < -0.39 is 60.1 Å². The van der Waals surface area contributed by atoms with E-state index in [-0.39, 0.29) is 17.4 Å².